The van der Waals surface area contributed by atoms with Crippen molar-refractivity contribution in [3.05, 3.63) is 30.3 Å². The van der Waals surface area contributed by atoms with Gasteiger partial charge in [0, 0.05) is 0 Å². The van der Waals surface area contributed by atoms with E-state index < -0.39 is 12.1 Å². The fourth-order valence-corrected chi connectivity index (χ4v) is 1.31. The highest BCUT2D eigenvalue weighted by Crippen LogP contribution is 2.19. The fraction of sp³-hybridized carbons (Fsp3) is 0.143. The second-order valence-electron chi connectivity index (χ2n) is 2.29. The Morgan fingerprint density at radius 2 is 1.53 bits per heavy atom. The van der Waals surface area contributed by atoms with E-state index in [1.54, 1.807) is 30.3 Å². The van der Waals surface area contributed by atoms with Gasteiger partial charge in [0.05, 0.1) is 0 Å². The lowest BCUT2D eigenvalue weighted by molar-refractivity contribution is -0.275. The van der Waals surface area contributed by atoms with E-state index in [1.807, 2.05) is 0 Å². The van der Waals surface area contributed by atoms with Crippen molar-refractivity contribution in [3.63, 3.8) is 0 Å². The third-order valence-corrected chi connectivity index (χ3v) is 2.01. The van der Waals surface area contributed by atoms with Crippen molar-refractivity contribution in [1.82, 2.24) is 0 Å². The Bertz CT molecular complexity index is 270. The molecule has 0 aliphatic carbocycles. The quantitative estimate of drug-likeness (QED) is 0.737. The van der Waals surface area contributed by atoms with Crippen LogP contribution in [0.3, 0.4) is 0 Å². The number of alkyl halides is 3. The maximum absolute atomic E-state index is 11.7. The van der Waals surface area contributed by atoms with Crippen LogP contribution in [0.2, 0.25) is 0 Å². The molecule has 0 atom stereocenters. The molecule has 1 aromatic carbocycles. The summed E-state index contributed by atoms with van der Waals surface area (Å²) in [6, 6.07) is 8.10. The van der Waals surface area contributed by atoms with Gasteiger partial charge in [0.1, 0.15) is 0 Å². The first-order chi connectivity index (χ1) is 5.99. The Kier molecular flexibility index (Phi) is 7.68. The summed E-state index contributed by atoms with van der Waals surface area (Å²) in [4.78, 5) is 0. The van der Waals surface area contributed by atoms with Gasteiger partial charge in [0.25, 0.3) is 0 Å². The van der Waals surface area contributed by atoms with Crippen LogP contribution in [0, 0.1) is 0 Å². The molecule has 0 saturated heterocycles. The lowest BCUT2D eigenvalue weighted by atomic mass is 9.88. The van der Waals surface area contributed by atoms with Gasteiger partial charge >= 0.3 is 12.1 Å². The first kappa shape index (κ1) is 16.8. The predicted octanol–water partition coefficient (Wildman–Crippen LogP) is 0.664. The van der Waals surface area contributed by atoms with E-state index in [9.17, 15) is 13.2 Å². The molecule has 86 valence electrons. The zero-order chi connectivity index (χ0) is 9.90. The molecular weight excluding hydrogens is 280 g/mol. The highest BCUT2D eigenvalue weighted by atomic mass is 79.9. The van der Waals surface area contributed by atoms with Gasteiger partial charge in [-0.3, -0.25) is 0 Å². The topological polar surface area (TPSA) is 72.2 Å². The summed E-state index contributed by atoms with van der Waals surface area (Å²) in [6.45, 7) is 0. The van der Waals surface area contributed by atoms with E-state index in [0.29, 0.717) is 5.46 Å². The van der Waals surface area contributed by atoms with Crippen LogP contribution >= 0.6 is 15.8 Å². The summed E-state index contributed by atoms with van der Waals surface area (Å²) >= 11 is 2.78. The van der Waals surface area contributed by atoms with Crippen molar-refractivity contribution in [2.75, 3.05) is 0 Å². The van der Waals surface area contributed by atoms with Gasteiger partial charge in [-0.05, 0) is 5.46 Å². The van der Waals surface area contributed by atoms with Crippen molar-refractivity contribution < 1.29 is 28.8 Å². The first-order valence-corrected chi connectivity index (χ1v) is 4.34. The standard InChI is InChI=1S/C7H5BBrF3O.2H2O/c9-8(13-7(10,11)12)6-4-2-1-3-5-6;;/h1-5H;2*1H2. The molecule has 0 heterocycles. The maximum Gasteiger partial charge on any atom is 0.509 e. The van der Waals surface area contributed by atoms with Crippen LogP contribution in [-0.2, 0) is 4.65 Å². The number of benzene rings is 1. The minimum absolute atomic E-state index is 0. The Morgan fingerprint density at radius 1 is 1.07 bits per heavy atom. The van der Waals surface area contributed by atoms with Crippen LogP contribution in [-0.4, -0.2) is 23.1 Å². The molecule has 0 radical (unpaired) electrons. The molecule has 8 heteroatoms. The molecular formula is C7H9BBrF3O3. The second kappa shape index (κ2) is 6.83. The smallest absolute Gasteiger partial charge is 0.412 e. The van der Waals surface area contributed by atoms with Crippen LogP contribution in [0.4, 0.5) is 13.2 Å². The molecule has 1 rings (SSSR count). The number of rotatable bonds is 2. The zero-order valence-electron chi connectivity index (χ0n) is 7.38. The Labute approximate surface area is 92.9 Å². The van der Waals surface area contributed by atoms with Crippen LogP contribution in [0.5, 0.6) is 0 Å². The van der Waals surface area contributed by atoms with E-state index >= 15 is 0 Å². The molecule has 0 aliphatic heterocycles. The van der Waals surface area contributed by atoms with Gasteiger partial charge in [0.15, 0.2) is 0 Å². The summed E-state index contributed by atoms with van der Waals surface area (Å²) in [7, 11) is 0. The van der Waals surface area contributed by atoms with Crippen molar-refractivity contribution in [3.8, 4) is 0 Å². The number of hydrogen-bond acceptors (Lipinski definition) is 1. The molecule has 0 fully saturated rings. The monoisotopic (exact) mass is 288 g/mol. The Balaban J connectivity index is 0. The Hall–Kier alpha value is -0.565. The van der Waals surface area contributed by atoms with Gasteiger partial charge in [0.2, 0.25) is 0 Å². The molecule has 0 unspecified atom stereocenters. The van der Waals surface area contributed by atoms with Gasteiger partial charge in [-0.1, -0.05) is 30.3 Å². The predicted molar refractivity (Wildman–Crippen MR) is 55.1 cm³/mol. The number of halogens is 4. The van der Waals surface area contributed by atoms with Gasteiger partial charge in [-0.25, -0.2) is 0 Å². The summed E-state index contributed by atoms with van der Waals surface area (Å²) in [6.07, 6.45) is -4.62. The lowest BCUT2D eigenvalue weighted by Gasteiger charge is -2.10. The van der Waals surface area contributed by atoms with E-state index in [4.69, 9.17) is 0 Å². The van der Waals surface area contributed by atoms with Crippen molar-refractivity contribution in [1.29, 1.82) is 0 Å². The van der Waals surface area contributed by atoms with E-state index in [0.717, 1.165) is 0 Å². The highest BCUT2D eigenvalue weighted by molar-refractivity contribution is 9.24. The molecule has 3 nitrogen and oxygen atoms in total. The summed E-state index contributed by atoms with van der Waals surface area (Å²) in [5.74, 6) is 0. The van der Waals surface area contributed by atoms with Crippen molar-refractivity contribution in [2.24, 2.45) is 0 Å². The van der Waals surface area contributed by atoms with E-state index in [1.165, 1.54) is 0 Å². The maximum atomic E-state index is 11.7. The molecule has 0 bridgehead atoms. The molecule has 0 spiro atoms. The minimum atomic E-state index is -4.62. The van der Waals surface area contributed by atoms with Crippen LogP contribution in [0.1, 0.15) is 0 Å². The SMILES string of the molecule is FC(F)(F)OB(Br)c1ccccc1.O.O. The van der Waals surface area contributed by atoms with Crippen molar-refractivity contribution in [2.45, 2.75) is 6.36 Å². The van der Waals surface area contributed by atoms with Gasteiger partial charge < -0.3 is 15.6 Å². The third kappa shape index (κ3) is 6.50. The van der Waals surface area contributed by atoms with Crippen LogP contribution < -0.4 is 5.46 Å². The minimum Gasteiger partial charge on any atom is -0.412 e. The largest absolute Gasteiger partial charge is 0.509 e. The molecule has 0 aromatic heterocycles. The van der Waals surface area contributed by atoms with Gasteiger partial charge in [-0.2, -0.15) is 0 Å². The highest BCUT2D eigenvalue weighted by Gasteiger charge is 2.34. The molecule has 1 aromatic rings. The zero-order valence-corrected chi connectivity index (χ0v) is 8.97. The Morgan fingerprint density at radius 3 is 1.93 bits per heavy atom. The summed E-state index contributed by atoms with van der Waals surface area (Å²) in [5, 5.41) is 0. The molecule has 0 saturated carbocycles. The molecule has 0 aliphatic rings. The second-order valence-corrected chi connectivity index (χ2v) is 3.12. The lowest BCUT2D eigenvalue weighted by Crippen LogP contribution is -2.33. The summed E-state index contributed by atoms with van der Waals surface area (Å²) < 4.78 is 39.0. The van der Waals surface area contributed by atoms with Gasteiger partial charge in [-0.15, -0.1) is 28.9 Å². The van der Waals surface area contributed by atoms with Crippen LogP contribution in [0.15, 0.2) is 30.3 Å². The van der Waals surface area contributed by atoms with Crippen molar-refractivity contribution >= 4 is 27.0 Å². The third-order valence-electron chi connectivity index (χ3n) is 1.30. The average Bonchev–Trinajstić information content (AvgIpc) is 2.03. The molecule has 4 N–H and O–H groups in total. The fourth-order valence-electron chi connectivity index (χ4n) is 0.790. The molecule has 15 heavy (non-hydrogen) atoms. The summed E-state index contributed by atoms with van der Waals surface area (Å²) in [5.41, 5.74) is -0.714. The van der Waals surface area contributed by atoms with Crippen LogP contribution in [0.25, 0.3) is 0 Å². The first-order valence-electron chi connectivity index (χ1n) is 3.42. The normalized spacial score (nSPS) is 9.87. The average molecular weight is 289 g/mol. The van der Waals surface area contributed by atoms with E-state index in [2.05, 4.69) is 20.4 Å². The van der Waals surface area contributed by atoms with E-state index in [-0.39, 0.29) is 11.0 Å². The number of hydrogen-bond donors (Lipinski definition) is 0. The molecule has 0 amide bonds.